The van der Waals surface area contributed by atoms with E-state index < -0.39 is 6.04 Å². The highest BCUT2D eigenvalue weighted by Gasteiger charge is 2.26. The zero-order chi connectivity index (χ0) is 18.4. The van der Waals surface area contributed by atoms with E-state index in [0.717, 1.165) is 16.7 Å². The van der Waals surface area contributed by atoms with Crippen molar-refractivity contribution in [2.45, 2.75) is 12.1 Å². The highest BCUT2D eigenvalue weighted by molar-refractivity contribution is 5.83. The lowest BCUT2D eigenvalue weighted by Gasteiger charge is -2.28. The Labute approximate surface area is 155 Å². The van der Waals surface area contributed by atoms with Crippen LogP contribution < -0.4 is 5.32 Å². The van der Waals surface area contributed by atoms with Gasteiger partial charge in [-0.3, -0.25) is 10.1 Å². The van der Waals surface area contributed by atoms with Gasteiger partial charge in [-0.15, -0.1) is 0 Å². The lowest BCUT2D eigenvalue weighted by molar-refractivity contribution is -0.131. The summed E-state index contributed by atoms with van der Waals surface area (Å²) in [5, 5.41) is 3.59. The SMILES string of the molecule is CN(C)C(=O)C(NC(c1ccccc1)c1ccccc1)c1ccccc1. The van der Waals surface area contributed by atoms with E-state index in [9.17, 15) is 4.79 Å². The van der Waals surface area contributed by atoms with E-state index in [2.05, 4.69) is 29.6 Å². The molecule has 0 aromatic heterocycles. The summed E-state index contributed by atoms with van der Waals surface area (Å²) in [5.41, 5.74) is 3.22. The maximum absolute atomic E-state index is 12.9. The molecule has 0 bridgehead atoms. The minimum Gasteiger partial charge on any atom is -0.347 e. The van der Waals surface area contributed by atoms with Crippen molar-refractivity contribution in [3.8, 4) is 0 Å². The van der Waals surface area contributed by atoms with Crippen LogP contribution in [-0.4, -0.2) is 24.9 Å². The van der Waals surface area contributed by atoms with E-state index >= 15 is 0 Å². The predicted molar refractivity (Wildman–Crippen MR) is 106 cm³/mol. The molecule has 3 aromatic rings. The molecule has 0 spiro atoms. The molecule has 1 amide bonds. The number of likely N-dealkylation sites (N-methyl/N-ethyl adjacent to an activating group) is 1. The summed E-state index contributed by atoms with van der Waals surface area (Å²) in [6, 6.07) is 29.9. The van der Waals surface area contributed by atoms with Gasteiger partial charge in [0.05, 0.1) is 6.04 Å². The molecule has 0 aliphatic rings. The van der Waals surface area contributed by atoms with Gasteiger partial charge in [-0.1, -0.05) is 91.0 Å². The van der Waals surface area contributed by atoms with Gasteiger partial charge in [0.15, 0.2) is 0 Å². The average Bonchev–Trinajstić information content (AvgIpc) is 2.70. The lowest BCUT2D eigenvalue weighted by Crippen LogP contribution is -2.39. The van der Waals surface area contributed by atoms with Gasteiger partial charge in [0.25, 0.3) is 0 Å². The maximum Gasteiger partial charge on any atom is 0.243 e. The van der Waals surface area contributed by atoms with Gasteiger partial charge in [0, 0.05) is 14.1 Å². The van der Waals surface area contributed by atoms with Crippen LogP contribution in [0.1, 0.15) is 28.8 Å². The topological polar surface area (TPSA) is 32.3 Å². The largest absolute Gasteiger partial charge is 0.347 e. The van der Waals surface area contributed by atoms with Crippen LogP contribution in [-0.2, 0) is 4.79 Å². The Morgan fingerprint density at radius 3 is 1.46 bits per heavy atom. The average molecular weight is 344 g/mol. The van der Waals surface area contributed by atoms with Gasteiger partial charge in [-0.25, -0.2) is 0 Å². The first-order valence-corrected chi connectivity index (χ1v) is 8.79. The number of carbonyl (C=O) groups excluding carboxylic acids is 1. The molecule has 0 fully saturated rings. The third-order valence-corrected chi connectivity index (χ3v) is 4.42. The van der Waals surface area contributed by atoms with Crippen molar-refractivity contribution in [1.82, 2.24) is 10.2 Å². The molecule has 0 radical (unpaired) electrons. The number of hydrogen-bond acceptors (Lipinski definition) is 2. The second kappa shape index (κ2) is 8.45. The highest BCUT2D eigenvalue weighted by Crippen LogP contribution is 2.26. The molecule has 1 N–H and O–H groups in total. The molecule has 3 aromatic carbocycles. The molecule has 3 nitrogen and oxygen atoms in total. The Morgan fingerprint density at radius 1 is 0.692 bits per heavy atom. The maximum atomic E-state index is 12.9. The number of hydrogen-bond donors (Lipinski definition) is 1. The third kappa shape index (κ3) is 4.19. The molecule has 0 aliphatic heterocycles. The Balaban J connectivity index is 2.01. The van der Waals surface area contributed by atoms with E-state index in [4.69, 9.17) is 0 Å². The number of rotatable bonds is 6. The Morgan fingerprint density at radius 2 is 1.08 bits per heavy atom. The van der Waals surface area contributed by atoms with Crippen molar-refractivity contribution < 1.29 is 4.79 Å². The van der Waals surface area contributed by atoms with Crippen LogP contribution in [0.25, 0.3) is 0 Å². The Bertz CT molecular complexity index is 777. The molecular formula is C23H24N2O. The standard InChI is InChI=1S/C23H24N2O/c1-25(2)23(26)22(20-16-10-5-11-17-20)24-21(18-12-6-3-7-13-18)19-14-8-4-9-15-19/h3-17,21-22,24H,1-2H3. The Kier molecular flexibility index (Phi) is 5.82. The minimum absolute atomic E-state index is 0.0352. The highest BCUT2D eigenvalue weighted by atomic mass is 16.2. The van der Waals surface area contributed by atoms with Crippen molar-refractivity contribution in [1.29, 1.82) is 0 Å². The van der Waals surface area contributed by atoms with Crippen LogP contribution in [0.2, 0.25) is 0 Å². The fourth-order valence-electron chi connectivity index (χ4n) is 3.06. The molecular weight excluding hydrogens is 320 g/mol. The molecule has 132 valence electrons. The predicted octanol–water partition coefficient (Wildman–Crippen LogP) is 4.20. The number of amides is 1. The molecule has 1 unspecified atom stereocenters. The fourth-order valence-corrected chi connectivity index (χ4v) is 3.06. The van der Waals surface area contributed by atoms with Crippen LogP contribution in [0.5, 0.6) is 0 Å². The van der Waals surface area contributed by atoms with Crippen LogP contribution in [0.15, 0.2) is 91.0 Å². The molecule has 0 aliphatic carbocycles. The summed E-state index contributed by atoms with van der Waals surface area (Å²) in [6.45, 7) is 0. The summed E-state index contributed by atoms with van der Waals surface area (Å²) < 4.78 is 0. The first-order chi connectivity index (χ1) is 12.7. The van der Waals surface area contributed by atoms with Crippen molar-refractivity contribution in [2.75, 3.05) is 14.1 Å². The summed E-state index contributed by atoms with van der Waals surface area (Å²) in [6.07, 6.45) is 0. The molecule has 26 heavy (non-hydrogen) atoms. The van der Waals surface area contributed by atoms with Crippen LogP contribution in [0.3, 0.4) is 0 Å². The zero-order valence-corrected chi connectivity index (χ0v) is 15.2. The first kappa shape index (κ1) is 17.9. The van der Waals surface area contributed by atoms with Gasteiger partial charge < -0.3 is 4.90 Å². The summed E-state index contributed by atoms with van der Waals surface area (Å²) in [4.78, 5) is 14.5. The smallest absolute Gasteiger partial charge is 0.243 e. The van der Waals surface area contributed by atoms with Gasteiger partial charge in [-0.2, -0.15) is 0 Å². The van der Waals surface area contributed by atoms with Gasteiger partial charge in [-0.05, 0) is 16.7 Å². The van der Waals surface area contributed by atoms with E-state index in [1.54, 1.807) is 19.0 Å². The molecule has 0 saturated heterocycles. The fraction of sp³-hybridized carbons (Fsp3) is 0.174. The molecule has 3 rings (SSSR count). The third-order valence-electron chi connectivity index (χ3n) is 4.42. The van der Waals surface area contributed by atoms with Crippen LogP contribution in [0, 0.1) is 0 Å². The molecule has 1 atom stereocenters. The molecule has 3 heteroatoms. The van der Waals surface area contributed by atoms with Crippen LogP contribution >= 0.6 is 0 Å². The van der Waals surface area contributed by atoms with Crippen molar-refractivity contribution in [3.05, 3.63) is 108 Å². The van der Waals surface area contributed by atoms with Gasteiger partial charge in [0.1, 0.15) is 6.04 Å². The zero-order valence-electron chi connectivity index (χ0n) is 15.2. The van der Waals surface area contributed by atoms with Crippen LogP contribution in [0.4, 0.5) is 0 Å². The number of nitrogens with one attached hydrogen (secondary N) is 1. The quantitative estimate of drug-likeness (QED) is 0.727. The Hall–Kier alpha value is -2.91. The van der Waals surface area contributed by atoms with E-state index in [1.807, 2.05) is 66.7 Å². The van der Waals surface area contributed by atoms with Gasteiger partial charge >= 0.3 is 0 Å². The van der Waals surface area contributed by atoms with E-state index in [0.29, 0.717) is 0 Å². The number of carbonyl (C=O) groups is 1. The minimum atomic E-state index is -0.420. The van der Waals surface area contributed by atoms with E-state index in [-0.39, 0.29) is 11.9 Å². The summed E-state index contributed by atoms with van der Waals surface area (Å²) in [7, 11) is 3.58. The van der Waals surface area contributed by atoms with Crippen molar-refractivity contribution in [2.24, 2.45) is 0 Å². The second-order valence-corrected chi connectivity index (χ2v) is 6.50. The summed E-state index contributed by atoms with van der Waals surface area (Å²) in [5.74, 6) is 0.0352. The van der Waals surface area contributed by atoms with Gasteiger partial charge in [0.2, 0.25) is 5.91 Å². The van der Waals surface area contributed by atoms with E-state index in [1.165, 1.54) is 0 Å². The first-order valence-electron chi connectivity index (χ1n) is 8.79. The molecule has 0 heterocycles. The van der Waals surface area contributed by atoms with Crippen molar-refractivity contribution >= 4 is 5.91 Å². The summed E-state index contributed by atoms with van der Waals surface area (Å²) >= 11 is 0. The number of nitrogens with zero attached hydrogens (tertiary/aromatic N) is 1. The molecule has 0 saturated carbocycles. The second-order valence-electron chi connectivity index (χ2n) is 6.50. The normalized spacial score (nSPS) is 12.0. The van der Waals surface area contributed by atoms with Crippen molar-refractivity contribution in [3.63, 3.8) is 0 Å². The lowest BCUT2D eigenvalue weighted by atomic mass is 9.96. The number of benzene rings is 3. The monoisotopic (exact) mass is 344 g/mol.